The molecule has 114 valence electrons. The van der Waals surface area contributed by atoms with Crippen molar-refractivity contribution in [3.63, 3.8) is 0 Å². The summed E-state index contributed by atoms with van der Waals surface area (Å²) in [6, 6.07) is 0. The highest BCUT2D eigenvalue weighted by Gasteiger charge is 2.20. The number of ether oxygens (including phenoxy) is 1. The van der Waals surface area contributed by atoms with Gasteiger partial charge in [0.05, 0.1) is 6.10 Å². The van der Waals surface area contributed by atoms with E-state index in [1.165, 1.54) is 77.0 Å². The molecule has 1 aliphatic rings. The molecule has 1 nitrogen and oxygen atoms in total. The van der Waals surface area contributed by atoms with E-state index in [9.17, 15) is 0 Å². The summed E-state index contributed by atoms with van der Waals surface area (Å²) in [5, 5.41) is 0. The molecule has 19 heavy (non-hydrogen) atoms. The molecular weight excluding hydrogens is 252 g/mol. The van der Waals surface area contributed by atoms with Crippen LogP contribution in [0.1, 0.15) is 84.0 Å². The monoisotopic (exact) mass is 286 g/mol. The first-order chi connectivity index (χ1) is 9.36. The van der Waals surface area contributed by atoms with Crippen LogP contribution in [-0.4, -0.2) is 18.5 Å². The predicted molar refractivity (Wildman–Crippen MR) is 88.2 cm³/mol. The fourth-order valence-corrected chi connectivity index (χ4v) is 3.34. The Labute approximate surface area is 126 Å². The van der Waals surface area contributed by atoms with Crippen molar-refractivity contribution in [1.29, 1.82) is 0 Å². The third-order valence-electron chi connectivity index (χ3n) is 4.47. The Balaban J connectivity index is 1.85. The number of hydrogen-bond donors (Lipinski definition) is 1. The van der Waals surface area contributed by atoms with Gasteiger partial charge in [-0.05, 0) is 37.4 Å². The van der Waals surface area contributed by atoms with E-state index in [1.807, 2.05) is 0 Å². The van der Waals surface area contributed by atoms with Gasteiger partial charge in [-0.1, -0.05) is 58.3 Å². The second-order valence-corrected chi connectivity index (χ2v) is 6.58. The van der Waals surface area contributed by atoms with Gasteiger partial charge >= 0.3 is 0 Å². The lowest BCUT2D eigenvalue weighted by molar-refractivity contribution is 0.0106. The van der Waals surface area contributed by atoms with Gasteiger partial charge in [0.1, 0.15) is 0 Å². The molecule has 0 spiro atoms. The number of thiol groups is 1. The van der Waals surface area contributed by atoms with Crippen molar-refractivity contribution in [1.82, 2.24) is 0 Å². The molecular formula is C17H34OS. The van der Waals surface area contributed by atoms with Crippen molar-refractivity contribution in [3.05, 3.63) is 0 Å². The molecule has 0 heterocycles. The standard InChI is InChI=1S/C17H34OS/c1-2-16-11-10-12-17(15-16)18-13-8-6-4-3-5-7-9-14-19/h16-17,19H,2-15H2,1H3. The zero-order valence-corrected chi connectivity index (χ0v) is 13.8. The van der Waals surface area contributed by atoms with E-state index in [-0.39, 0.29) is 0 Å². The van der Waals surface area contributed by atoms with E-state index in [0.717, 1.165) is 18.3 Å². The van der Waals surface area contributed by atoms with Crippen LogP contribution < -0.4 is 0 Å². The van der Waals surface area contributed by atoms with Gasteiger partial charge in [-0.15, -0.1) is 0 Å². The van der Waals surface area contributed by atoms with Gasteiger partial charge < -0.3 is 4.74 Å². The van der Waals surface area contributed by atoms with E-state index in [0.29, 0.717) is 6.10 Å². The summed E-state index contributed by atoms with van der Waals surface area (Å²) in [6.07, 6.45) is 16.8. The molecule has 0 aliphatic heterocycles. The number of hydrogen-bond acceptors (Lipinski definition) is 2. The maximum Gasteiger partial charge on any atom is 0.0577 e. The van der Waals surface area contributed by atoms with Gasteiger partial charge in [-0.2, -0.15) is 12.6 Å². The molecule has 0 radical (unpaired) electrons. The van der Waals surface area contributed by atoms with Crippen LogP contribution in [0.5, 0.6) is 0 Å². The average molecular weight is 287 g/mol. The minimum absolute atomic E-state index is 0.578. The summed E-state index contributed by atoms with van der Waals surface area (Å²) in [5.74, 6) is 1.99. The second-order valence-electron chi connectivity index (χ2n) is 6.13. The number of rotatable bonds is 11. The lowest BCUT2D eigenvalue weighted by Gasteiger charge is -2.28. The van der Waals surface area contributed by atoms with Crippen molar-refractivity contribution in [3.8, 4) is 0 Å². The van der Waals surface area contributed by atoms with Crippen LogP contribution >= 0.6 is 12.6 Å². The van der Waals surface area contributed by atoms with Crippen LogP contribution in [0.2, 0.25) is 0 Å². The van der Waals surface area contributed by atoms with Crippen LogP contribution in [0.25, 0.3) is 0 Å². The lowest BCUT2D eigenvalue weighted by atomic mass is 9.85. The SMILES string of the molecule is CCC1CCCC(OCCCCCCCCCS)C1. The molecule has 0 saturated heterocycles. The van der Waals surface area contributed by atoms with Gasteiger partial charge in [0, 0.05) is 6.61 Å². The minimum Gasteiger partial charge on any atom is -0.378 e. The molecule has 0 bridgehead atoms. The van der Waals surface area contributed by atoms with Crippen molar-refractivity contribution in [2.75, 3.05) is 12.4 Å². The Hall–Kier alpha value is 0.310. The maximum absolute atomic E-state index is 6.05. The van der Waals surface area contributed by atoms with Gasteiger partial charge in [0.25, 0.3) is 0 Å². The highest BCUT2D eigenvalue weighted by molar-refractivity contribution is 7.80. The van der Waals surface area contributed by atoms with Gasteiger partial charge in [-0.3, -0.25) is 0 Å². The largest absolute Gasteiger partial charge is 0.378 e. The third kappa shape index (κ3) is 8.96. The molecule has 0 aromatic rings. The molecule has 1 aliphatic carbocycles. The van der Waals surface area contributed by atoms with Gasteiger partial charge in [-0.25, -0.2) is 0 Å². The van der Waals surface area contributed by atoms with Crippen molar-refractivity contribution < 1.29 is 4.74 Å². The molecule has 0 N–H and O–H groups in total. The normalized spacial score (nSPS) is 23.7. The fourth-order valence-electron chi connectivity index (χ4n) is 3.11. The van der Waals surface area contributed by atoms with Gasteiger partial charge in [0.15, 0.2) is 0 Å². The molecule has 2 unspecified atom stereocenters. The molecule has 0 aromatic carbocycles. The van der Waals surface area contributed by atoms with E-state index in [2.05, 4.69) is 19.6 Å². The van der Waals surface area contributed by atoms with Crippen LogP contribution in [-0.2, 0) is 4.74 Å². The molecule has 1 fully saturated rings. The van der Waals surface area contributed by atoms with Crippen molar-refractivity contribution >= 4 is 12.6 Å². The van der Waals surface area contributed by atoms with Crippen LogP contribution in [0.15, 0.2) is 0 Å². The first-order valence-corrected chi connectivity index (χ1v) is 9.22. The van der Waals surface area contributed by atoms with Crippen LogP contribution in [0.4, 0.5) is 0 Å². The Morgan fingerprint density at radius 2 is 1.63 bits per heavy atom. The molecule has 1 rings (SSSR count). The lowest BCUT2D eigenvalue weighted by Crippen LogP contribution is -2.23. The first-order valence-electron chi connectivity index (χ1n) is 8.59. The maximum atomic E-state index is 6.05. The summed E-state index contributed by atoms with van der Waals surface area (Å²) in [7, 11) is 0. The highest BCUT2D eigenvalue weighted by atomic mass is 32.1. The average Bonchev–Trinajstić information content (AvgIpc) is 2.46. The molecule has 2 atom stereocenters. The zero-order chi connectivity index (χ0) is 13.8. The molecule has 2 heteroatoms. The second kappa shape index (κ2) is 12.1. The fraction of sp³-hybridized carbons (Fsp3) is 1.00. The van der Waals surface area contributed by atoms with E-state index in [4.69, 9.17) is 4.74 Å². The molecule has 1 saturated carbocycles. The van der Waals surface area contributed by atoms with Crippen LogP contribution in [0, 0.1) is 5.92 Å². The quantitative estimate of drug-likeness (QED) is 0.382. The first kappa shape index (κ1) is 17.4. The zero-order valence-electron chi connectivity index (χ0n) is 12.9. The van der Waals surface area contributed by atoms with E-state index >= 15 is 0 Å². The Kier molecular flexibility index (Phi) is 11.0. The molecule has 0 amide bonds. The Morgan fingerprint density at radius 1 is 0.947 bits per heavy atom. The van der Waals surface area contributed by atoms with E-state index < -0.39 is 0 Å². The van der Waals surface area contributed by atoms with Crippen molar-refractivity contribution in [2.24, 2.45) is 5.92 Å². The Bertz CT molecular complexity index is 196. The third-order valence-corrected chi connectivity index (χ3v) is 4.78. The summed E-state index contributed by atoms with van der Waals surface area (Å²) >= 11 is 4.24. The van der Waals surface area contributed by atoms with Crippen LogP contribution in [0.3, 0.4) is 0 Å². The van der Waals surface area contributed by atoms with Crippen molar-refractivity contribution in [2.45, 2.75) is 90.1 Å². The molecule has 0 aromatic heterocycles. The predicted octanol–water partition coefficient (Wildman–Crippen LogP) is 5.63. The minimum atomic E-state index is 0.578. The smallest absolute Gasteiger partial charge is 0.0577 e. The Morgan fingerprint density at radius 3 is 2.32 bits per heavy atom. The summed E-state index contributed by atoms with van der Waals surface area (Å²) in [6.45, 7) is 3.32. The summed E-state index contributed by atoms with van der Waals surface area (Å²) < 4.78 is 6.05. The summed E-state index contributed by atoms with van der Waals surface area (Å²) in [4.78, 5) is 0. The highest BCUT2D eigenvalue weighted by Crippen LogP contribution is 2.28. The number of unbranched alkanes of at least 4 members (excludes halogenated alkanes) is 6. The van der Waals surface area contributed by atoms with Gasteiger partial charge in [0.2, 0.25) is 0 Å². The topological polar surface area (TPSA) is 9.23 Å². The van der Waals surface area contributed by atoms with E-state index in [1.54, 1.807) is 0 Å². The summed E-state index contributed by atoms with van der Waals surface area (Å²) in [5.41, 5.74) is 0.